The van der Waals surface area contributed by atoms with Gasteiger partial charge < -0.3 is 10.4 Å². The second-order valence-electron chi connectivity index (χ2n) is 3.53. The number of hydrogen-bond donors (Lipinski definition) is 2. The molecular formula is C12H9BrClNO2S. The van der Waals surface area contributed by atoms with Crippen LogP contribution < -0.4 is 5.32 Å². The predicted molar refractivity (Wildman–Crippen MR) is 77.8 cm³/mol. The summed E-state index contributed by atoms with van der Waals surface area (Å²) in [6.07, 6.45) is 0. The summed E-state index contributed by atoms with van der Waals surface area (Å²) < 4.78 is 1.28. The topological polar surface area (TPSA) is 49.3 Å². The molecule has 0 atom stereocenters. The van der Waals surface area contributed by atoms with Gasteiger partial charge in [-0.1, -0.05) is 17.7 Å². The SMILES string of the molecule is O=C(O)c1c(Br)cccc1NCc1ccc(Cl)s1. The van der Waals surface area contributed by atoms with Gasteiger partial charge in [0, 0.05) is 15.9 Å². The predicted octanol–water partition coefficient (Wildman–Crippen LogP) is 4.47. The molecule has 0 aliphatic rings. The second-order valence-corrected chi connectivity index (χ2v) is 6.18. The molecule has 0 spiro atoms. The number of aromatic carboxylic acids is 1. The van der Waals surface area contributed by atoms with Crippen molar-refractivity contribution in [2.24, 2.45) is 0 Å². The Hall–Kier alpha value is -1.04. The van der Waals surface area contributed by atoms with Crippen molar-refractivity contribution in [3.63, 3.8) is 0 Å². The smallest absolute Gasteiger partial charge is 0.338 e. The van der Waals surface area contributed by atoms with Crippen molar-refractivity contribution >= 4 is 50.5 Å². The van der Waals surface area contributed by atoms with Crippen LogP contribution >= 0.6 is 38.9 Å². The Labute approximate surface area is 122 Å². The Morgan fingerprint density at radius 1 is 1.39 bits per heavy atom. The second kappa shape index (κ2) is 5.73. The minimum absolute atomic E-state index is 0.236. The van der Waals surface area contributed by atoms with E-state index in [1.807, 2.05) is 12.1 Å². The molecule has 18 heavy (non-hydrogen) atoms. The van der Waals surface area contributed by atoms with Crippen LogP contribution in [0.3, 0.4) is 0 Å². The fourth-order valence-corrected chi connectivity index (χ4v) is 3.08. The first-order valence-corrected chi connectivity index (χ1v) is 7.06. The molecule has 0 saturated carbocycles. The number of anilines is 1. The third-order valence-corrected chi connectivity index (χ3v) is 4.20. The van der Waals surface area contributed by atoms with E-state index < -0.39 is 5.97 Å². The van der Waals surface area contributed by atoms with Gasteiger partial charge in [0.05, 0.1) is 15.6 Å². The van der Waals surface area contributed by atoms with Crippen molar-refractivity contribution in [3.8, 4) is 0 Å². The van der Waals surface area contributed by atoms with Gasteiger partial charge in [0.15, 0.2) is 0 Å². The largest absolute Gasteiger partial charge is 0.478 e. The maximum atomic E-state index is 11.2. The van der Waals surface area contributed by atoms with Crippen LogP contribution in [-0.4, -0.2) is 11.1 Å². The first-order chi connectivity index (χ1) is 8.58. The van der Waals surface area contributed by atoms with E-state index >= 15 is 0 Å². The Kier molecular flexibility index (Phi) is 4.27. The minimum atomic E-state index is -0.964. The van der Waals surface area contributed by atoms with E-state index in [9.17, 15) is 4.79 Å². The number of carboxylic acid groups (broad SMARTS) is 1. The standard InChI is InChI=1S/C12H9BrClNO2S/c13-8-2-1-3-9(11(8)12(16)17)15-6-7-4-5-10(14)18-7/h1-5,15H,6H2,(H,16,17). The van der Waals surface area contributed by atoms with Crippen LogP contribution in [0.1, 0.15) is 15.2 Å². The van der Waals surface area contributed by atoms with E-state index in [4.69, 9.17) is 16.7 Å². The molecule has 1 aromatic heterocycles. The maximum absolute atomic E-state index is 11.2. The van der Waals surface area contributed by atoms with E-state index in [-0.39, 0.29) is 5.56 Å². The molecule has 0 unspecified atom stereocenters. The zero-order valence-corrected chi connectivity index (χ0v) is 12.3. The number of benzene rings is 1. The molecule has 0 amide bonds. The molecule has 0 radical (unpaired) electrons. The lowest BCUT2D eigenvalue weighted by molar-refractivity contribution is 0.0697. The third kappa shape index (κ3) is 3.04. The van der Waals surface area contributed by atoms with Gasteiger partial charge in [-0.25, -0.2) is 4.79 Å². The summed E-state index contributed by atoms with van der Waals surface area (Å²) in [5.74, 6) is -0.964. The van der Waals surface area contributed by atoms with Gasteiger partial charge in [-0.05, 0) is 40.2 Å². The normalized spacial score (nSPS) is 10.3. The molecule has 0 aliphatic heterocycles. The Bertz CT molecular complexity index is 585. The molecule has 3 nitrogen and oxygen atoms in total. The molecule has 0 bridgehead atoms. The van der Waals surface area contributed by atoms with Crippen molar-refractivity contribution < 1.29 is 9.90 Å². The van der Waals surface area contributed by atoms with Gasteiger partial charge >= 0.3 is 5.97 Å². The summed E-state index contributed by atoms with van der Waals surface area (Å²) in [5, 5.41) is 12.3. The minimum Gasteiger partial charge on any atom is -0.478 e. The highest BCUT2D eigenvalue weighted by Crippen LogP contribution is 2.27. The lowest BCUT2D eigenvalue weighted by atomic mass is 10.2. The molecule has 0 fully saturated rings. The highest BCUT2D eigenvalue weighted by molar-refractivity contribution is 9.10. The molecule has 2 aromatic rings. The number of carboxylic acids is 1. The quantitative estimate of drug-likeness (QED) is 0.858. The average molecular weight is 347 g/mol. The zero-order valence-electron chi connectivity index (χ0n) is 9.11. The van der Waals surface area contributed by atoms with Crippen molar-refractivity contribution in [2.45, 2.75) is 6.54 Å². The van der Waals surface area contributed by atoms with Crippen LogP contribution in [0, 0.1) is 0 Å². The highest BCUT2D eigenvalue weighted by Gasteiger charge is 2.13. The van der Waals surface area contributed by atoms with Crippen LogP contribution in [0.2, 0.25) is 4.34 Å². The fourth-order valence-electron chi connectivity index (χ4n) is 1.52. The summed E-state index contributed by atoms with van der Waals surface area (Å²) in [6, 6.07) is 8.97. The Morgan fingerprint density at radius 2 is 2.17 bits per heavy atom. The molecule has 94 valence electrons. The van der Waals surface area contributed by atoms with Gasteiger partial charge in [-0.15, -0.1) is 11.3 Å². The van der Waals surface area contributed by atoms with E-state index in [0.717, 1.165) is 9.21 Å². The van der Waals surface area contributed by atoms with Gasteiger partial charge in [0.1, 0.15) is 0 Å². The molecule has 1 heterocycles. The molecule has 1 aromatic carbocycles. The monoisotopic (exact) mass is 345 g/mol. The first kappa shape index (κ1) is 13.4. The zero-order chi connectivity index (χ0) is 13.1. The molecule has 2 N–H and O–H groups in total. The first-order valence-electron chi connectivity index (χ1n) is 5.08. The highest BCUT2D eigenvalue weighted by atomic mass is 79.9. The number of halogens is 2. The van der Waals surface area contributed by atoms with Crippen LogP contribution in [0.25, 0.3) is 0 Å². The number of hydrogen-bond acceptors (Lipinski definition) is 3. The lowest BCUT2D eigenvalue weighted by Crippen LogP contribution is -2.06. The van der Waals surface area contributed by atoms with Gasteiger partial charge in [0.2, 0.25) is 0 Å². The van der Waals surface area contributed by atoms with Crippen molar-refractivity contribution in [3.05, 3.63) is 49.6 Å². The molecule has 0 aliphatic carbocycles. The maximum Gasteiger partial charge on any atom is 0.338 e. The number of carbonyl (C=O) groups is 1. The molecule has 0 saturated heterocycles. The number of thiophene rings is 1. The molecule has 6 heteroatoms. The lowest BCUT2D eigenvalue weighted by Gasteiger charge is -2.09. The van der Waals surface area contributed by atoms with Crippen molar-refractivity contribution in [1.29, 1.82) is 0 Å². The summed E-state index contributed by atoms with van der Waals surface area (Å²) in [5.41, 5.74) is 0.821. The van der Waals surface area contributed by atoms with Crippen molar-refractivity contribution in [2.75, 3.05) is 5.32 Å². The van der Waals surface area contributed by atoms with E-state index in [0.29, 0.717) is 16.7 Å². The molecule has 2 rings (SSSR count). The van der Waals surface area contributed by atoms with Gasteiger partial charge in [-0.2, -0.15) is 0 Å². The van der Waals surface area contributed by atoms with Gasteiger partial charge in [0.25, 0.3) is 0 Å². The van der Waals surface area contributed by atoms with Crippen LogP contribution in [0.4, 0.5) is 5.69 Å². The molecular weight excluding hydrogens is 338 g/mol. The van der Waals surface area contributed by atoms with E-state index in [1.165, 1.54) is 11.3 Å². The van der Waals surface area contributed by atoms with Crippen LogP contribution in [-0.2, 0) is 6.54 Å². The van der Waals surface area contributed by atoms with Crippen LogP contribution in [0.5, 0.6) is 0 Å². The van der Waals surface area contributed by atoms with E-state index in [1.54, 1.807) is 18.2 Å². The summed E-state index contributed by atoms with van der Waals surface area (Å²) >= 11 is 10.5. The summed E-state index contributed by atoms with van der Waals surface area (Å²) in [7, 11) is 0. The fraction of sp³-hybridized carbons (Fsp3) is 0.0833. The van der Waals surface area contributed by atoms with Crippen molar-refractivity contribution in [1.82, 2.24) is 0 Å². The third-order valence-electron chi connectivity index (χ3n) is 2.31. The summed E-state index contributed by atoms with van der Waals surface area (Å²) in [4.78, 5) is 12.2. The number of nitrogens with one attached hydrogen (secondary N) is 1. The summed E-state index contributed by atoms with van der Waals surface area (Å²) in [6.45, 7) is 0.550. The average Bonchev–Trinajstić information content (AvgIpc) is 2.72. The van der Waals surface area contributed by atoms with Gasteiger partial charge in [-0.3, -0.25) is 0 Å². The Balaban J connectivity index is 2.19. The van der Waals surface area contributed by atoms with E-state index in [2.05, 4.69) is 21.2 Å². The Morgan fingerprint density at radius 3 is 2.78 bits per heavy atom. The van der Waals surface area contributed by atoms with Crippen LogP contribution in [0.15, 0.2) is 34.8 Å². The number of rotatable bonds is 4.